The molecule has 0 aliphatic heterocycles. The van der Waals surface area contributed by atoms with E-state index in [9.17, 15) is 0 Å². The molecule has 0 unspecified atom stereocenters. The van der Waals surface area contributed by atoms with Crippen LogP contribution in [-0.4, -0.2) is 29.5 Å². The molecule has 0 amide bonds. The second-order valence-corrected chi connectivity index (χ2v) is 5.09. The van der Waals surface area contributed by atoms with Gasteiger partial charge in [-0.05, 0) is 25.0 Å². The lowest BCUT2D eigenvalue weighted by Gasteiger charge is -2.06. The fourth-order valence-corrected chi connectivity index (χ4v) is 2.46. The van der Waals surface area contributed by atoms with Gasteiger partial charge in [-0.15, -0.1) is 5.10 Å². The highest BCUT2D eigenvalue weighted by Crippen LogP contribution is 2.38. The highest BCUT2D eigenvalue weighted by Gasteiger charge is 2.28. The van der Waals surface area contributed by atoms with E-state index >= 15 is 0 Å². The minimum Gasteiger partial charge on any atom is -0.325 e. The summed E-state index contributed by atoms with van der Waals surface area (Å²) in [4.78, 5) is 9.15. The first-order valence-corrected chi connectivity index (χ1v) is 6.76. The van der Waals surface area contributed by atoms with Crippen LogP contribution in [0.4, 0.5) is 0 Å². The van der Waals surface area contributed by atoms with Gasteiger partial charge < -0.3 is 10.3 Å². The summed E-state index contributed by atoms with van der Waals surface area (Å²) in [5.74, 6) is 0.981. The average Bonchev–Trinajstić information content (AvgIpc) is 3.09. The summed E-state index contributed by atoms with van der Waals surface area (Å²) >= 11 is 0. The summed E-state index contributed by atoms with van der Waals surface area (Å²) in [7, 11) is 0. The molecule has 7 heteroatoms. The number of nitrogens with zero attached hydrogens (tertiary/aromatic N) is 6. The van der Waals surface area contributed by atoms with Gasteiger partial charge in [0.15, 0.2) is 5.65 Å². The fraction of sp³-hybridized carbons (Fsp3) is 0.385. The molecule has 0 spiro atoms. The first-order valence-electron chi connectivity index (χ1n) is 6.76. The standard InChI is InChI=1S/C13H15N7/c14-6-9-7-19(18-17-9)8-12-16-11-2-1-5-15-13(11)20(12)10-3-4-10/h1-2,5,7,10H,3-4,6,8,14H2. The summed E-state index contributed by atoms with van der Waals surface area (Å²) in [6.45, 7) is 1.00. The molecule has 20 heavy (non-hydrogen) atoms. The van der Waals surface area contributed by atoms with Crippen molar-refractivity contribution in [3.63, 3.8) is 0 Å². The Morgan fingerprint density at radius 3 is 3.00 bits per heavy atom. The number of hydrogen-bond acceptors (Lipinski definition) is 5. The van der Waals surface area contributed by atoms with E-state index in [0.717, 1.165) is 22.7 Å². The van der Waals surface area contributed by atoms with E-state index in [1.54, 1.807) is 4.68 Å². The lowest BCUT2D eigenvalue weighted by molar-refractivity contribution is 0.588. The molecule has 1 fully saturated rings. The highest BCUT2D eigenvalue weighted by atomic mass is 15.4. The maximum atomic E-state index is 5.56. The summed E-state index contributed by atoms with van der Waals surface area (Å²) < 4.78 is 4.02. The molecule has 0 radical (unpaired) electrons. The molecule has 1 aliphatic carbocycles. The fourth-order valence-electron chi connectivity index (χ4n) is 2.46. The Hall–Kier alpha value is -2.28. The smallest absolute Gasteiger partial charge is 0.160 e. The number of nitrogens with two attached hydrogens (primary N) is 1. The zero-order valence-corrected chi connectivity index (χ0v) is 11.0. The number of imidazole rings is 1. The van der Waals surface area contributed by atoms with Gasteiger partial charge in [-0.2, -0.15) is 0 Å². The quantitative estimate of drug-likeness (QED) is 0.759. The minimum atomic E-state index is 0.403. The van der Waals surface area contributed by atoms with Crippen molar-refractivity contribution in [1.29, 1.82) is 0 Å². The van der Waals surface area contributed by atoms with Crippen LogP contribution in [0.2, 0.25) is 0 Å². The molecule has 3 heterocycles. The minimum absolute atomic E-state index is 0.403. The van der Waals surface area contributed by atoms with Gasteiger partial charge >= 0.3 is 0 Å². The van der Waals surface area contributed by atoms with Gasteiger partial charge in [-0.25, -0.2) is 14.6 Å². The summed E-state index contributed by atoms with van der Waals surface area (Å²) in [6, 6.07) is 4.44. The number of rotatable bonds is 4. The monoisotopic (exact) mass is 269 g/mol. The number of fused-ring (bicyclic) bond motifs is 1. The number of aromatic nitrogens is 6. The maximum Gasteiger partial charge on any atom is 0.160 e. The van der Waals surface area contributed by atoms with Crippen LogP contribution in [0.1, 0.15) is 30.4 Å². The van der Waals surface area contributed by atoms with Crippen molar-refractivity contribution < 1.29 is 0 Å². The van der Waals surface area contributed by atoms with Crippen molar-refractivity contribution in [2.24, 2.45) is 5.73 Å². The van der Waals surface area contributed by atoms with E-state index < -0.39 is 0 Å². The lowest BCUT2D eigenvalue weighted by atomic mass is 10.4. The summed E-state index contributed by atoms with van der Waals surface area (Å²) in [5, 5.41) is 8.10. The second kappa shape index (κ2) is 4.38. The molecular formula is C13H15N7. The molecule has 2 N–H and O–H groups in total. The molecule has 0 bridgehead atoms. The van der Waals surface area contributed by atoms with Gasteiger partial charge in [-0.3, -0.25) is 0 Å². The van der Waals surface area contributed by atoms with Crippen molar-refractivity contribution >= 4 is 11.2 Å². The van der Waals surface area contributed by atoms with Crippen molar-refractivity contribution in [3.05, 3.63) is 36.0 Å². The third-order valence-electron chi connectivity index (χ3n) is 3.53. The third kappa shape index (κ3) is 1.87. The van der Waals surface area contributed by atoms with Gasteiger partial charge in [0.2, 0.25) is 0 Å². The maximum absolute atomic E-state index is 5.56. The highest BCUT2D eigenvalue weighted by molar-refractivity contribution is 5.71. The molecule has 0 aromatic carbocycles. The van der Waals surface area contributed by atoms with Gasteiger partial charge in [0.05, 0.1) is 11.9 Å². The molecule has 0 atom stereocenters. The first kappa shape index (κ1) is 11.5. The Morgan fingerprint density at radius 1 is 1.35 bits per heavy atom. The zero-order valence-electron chi connectivity index (χ0n) is 11.0. The number of pyridine rings is 1. The Labute approximate surface area is 115 Å². The molecular weight excluding hydrogens is 254 g/mol. The van der Waals surface area contributed by atoms with Crippen molar-refractivity contribution in [2.45, 2.75) is 32.0 Å². The average molecular weight is 269 g/mol. The zero-order chi connectivity index (χ0) is 13.5. The van der Waals surface area contributed by atoms with Gasteiger partial charge in [-0.1, -0.05) is 5.21 Å². The molecule has 0 saturated heterocycles. The van der Waals surface area contributed by atoms with E-state index in [1.165, 1.54) is 12.8 Å². The Bertz CT molecular complexity index is 753. The molecule has 7 nitrogen and oxygen atoms in total. The van der Waals surface area contributed by atoms with Crippen LogP contribution in [0.5, 0.6) is 0 Å². The SMILES string of the molecule is NCc1cn(Cc2nc3cccnc3n2C2CC2)nn1. The largest absolute Gasteiger partial charge is 0.325 e. The van der Waals surface area contributed by atoms with Crippen LogP contribution in [0.3, 0.4) is 0 Å². The van der Waals surface area contributed by atoms with Crippen LogP contribution in [0, 0.1) is 0 Å². The molecule has 3 aromatic rings. The summed E-state index contributed by atoms with van der Waals surface area (Å²) in [6.07, 6.45) is 6.07. The molecule has 1 aliphatic rings. The normalized spacial score (nSPS) is 15.1. The molecule has 4 rings (SSSR count). The molecule has 102 valence electrons. The van der Waals surface area contributed by atoms with E-state index in [-0.39, 0.29) is 0 Å². The lowest BCUT2D eigenvalue weighted by Crippen LogP contribution is -2.09. The summed E-state index contributed by atoms with van der Waals surface area (Å²) in [5.41, 5.74) is 8.25. The van der Waals surface area contributed by atoms with Crippen LogP contribution in [-0.2, 0) is 13.1 Å². The molecule has 1 saturated carbocycles. The van der Waals surface area contributed by atoms with Gasteiger partial charge in [0.1, 0.15) is 17.9 Å². The predicted octanol–water partition coefficient (Wildman–Crippen LogP) is 0.865. The van der Waals surface area contributed by atoms with Crippen molar-refractivity contribution in [1.82, 2.24) is 29.5 Å². The van der Waals surface area contributed by atoms with Crippen LogP contribution in [0.25, 0.3) is 11.2 Å². The predicted molar refractivity (Wildman–Crippen MR) is 72.8 cm³/mol. The van der Waals surface area contributed by atoms with E-state index in [2.05, 4.69) is 24.8 Å². The van der Waals surface area contributed by atoms with E-state index in [1.807, 2.05) is 24.5 Å². The Morgan fingerprint density at radius 2 is 2.25 bits per heavy atom. The Balaban J connectivity index is 1.76. The van der Waals surface area contributed by atoms with Crippen LogP contribution in [0.15, 0.2) is 24.5 Å². The number of hydrogen-bond donors (Lipinski definition) is 1. The molecule has 3 aromatic heterocycles. The van der Waals surface area contributed by atoms with E-state index in [0.29, 0.717) is 19.1 Å². The Kier molecular flexibility index (Phi) is 2.53. The van der Waals surface area contributed by atoms with Crippen molar-refractivity contribution in [3.8, 4) is 0 Å². The van der Waals surface area contributed by atoms with Gasteiger partial charge in [0, 0.05) is 18.8 Å². The van der Waals surface area contributed by atoms with Crippen molar-refractivity contribution in [2.75, 3.05) is 0 Å². The third-order valence-corrected chi connectivity index (χ3v) is 3.53. The van der Waals surface area contributed by atoms with Crippen LogP contribution < -0.4 is 5.73 Å². The second-order valence-electron chi connectivity index (χ2n) is 5.09. The van der Waals surface area contributed by atoms with Crippen LogP contribution >= 0.6 is 0 Å². The topological polar surface area (TPSA) is 87.4 Å². The van der Waals surface area contributed by atoms with Gasteiger partial charge in [0.25, 0.3) is 0 Å². The van der Waals surface area contributed by atoms with E-state index in [4.69, 9.17) is 5.73 Å². The first-order chi connectivity index (χ1) is 9.85.